The molecule has 0 bridgehead atoms. The van der Waals surface area contributed by atoms with Crippen molar-refractivity contribution in [3.05, 3.63) is 11.6 Å². The maximum atomic E-state index is 12.0. The number of hydrogen-bond donors (Lipinski definition) is 2. The van der Waals surface area contributed by atoms with Crippen LogP contribution in [0.4, 0.5) is 0 Å². The number of rotatable bonds is 7. The second kappa shape index (κ2) is 10.6. The molecule has 0 heterocycles. The molecule has 134 valence electrons. The summed E-state index contributed by atoms with van der Waals surface area (Å²) in [4.78, 5) is 23.4. The van der Waals surface area contributed by atoms with Gasteiger partial charge in [-0.05, 0) is 32.3 Å². The first kappa shape index (κ1) is 21.9. The van der Waals surface area contributed by atoms with E-state index in [2.05, 4.69) is 5.32 Å². The summed E-state index contributed by atoms with van der Waals surface area (Å²) in [6.07, 6.45) is 3.48. The fourth-order valence-corrected chi connectivity index (χ4v) is 2.62. The number of amides is 1. The first-order valence-corrected chi connectivity index (χ1v) is 7.98. The lowest BCUT2D eigenvalue weighted by atomic mass is 9.88. The highest BCUT2D eigenvalue weighted by Gasteiger charge is 2.35. The molecule has 0 radical (unpaired) electrons. The van der Waals surface area contributed by atoms with Crippen molar-refractivity contribution in [2.45, 2.75) is 71.2 Å². The molecule has 0 aliphatic heterocycles. The lowest BCUT2D eigenvalue weighted by Crippen LogP contribution is -2.57. The standard InChI is InChI=1S/C16H28N2O4.ClH/c1-5-12(6-2)22-14-9-11(16(20)21-7-3)8-13(17)15(14)18-10(4)19;/h9,12-15H,5-8,17H2,1-4H3,(H,18,19);1H/t13-,14-,15+;/m0./s1. The summed E-state index contributed by atoms with van der Waals surface area (Å²) >= 11 is 0. The molecule has 3 N–H and O–H groups in total. The van der Waals surface area contributed by atoms with Gasteiger partial charge in [0.1, 0.15) is 0 Å². The van der Waals surface area contributed by atoms with E-state index in [0.717, 1.165) is 12.8 Å². The summed E-state index contributed by atoms with van der Waals surface area (Å²) in [7, 11) is 0. The molecule has 0 aromatic carbocycles. The highest BCUT2D eigenvalue weighted by atomic mass is 35.5. The van der Waals surface area contributed by atoms with Gasteiger partial charge < -0.3 is 20.5 Å². The van der Waals surface area contributed by atoms with Crippen LogP contribution in [-0.2, 0) is 19.1 Å². The molecule has 0 saturated heterocycles. The largest absolute Gasteiger partial charge is 0.463 e. The first-order valence-electron chi connectivity index (χ1n) is 7.98. The Morgan fingerprint density at radius 1 is 1.35 bits per heavy atom. The summed E-state index contributed by atoms with van der Waals surface area (Å²) in [5, 5.41) is 2.84. The zero-order valence-electron chi connectivity index (χ0n) is 14.3. The zero-order valence-corrected chi connectivity index (χ0v) is 15.2. The van der Waals surface area contributed by atoms with E-state index in [1.807, 2.05) is 13.8 Å². The maximum Gasteiger partial charge on any atom is 0.333 e. The number of ether oxygens (including phenoxy) is 2. The average Bonchev–Trinajstić information content (AvgIpc) is 2.47. The number of nitrogens with one attached hydrogen (secondary N) is 1. The minimum Gasteiger partial charge on any atom is -0.463 e. The predicted octanol–water partition coefficient (Wildman–Crippen LogP) is 1.71. The van der Waals surface area contributed by atoms with Crippen LogP contribution < -0.4 is 11.1 Å². The van der Waals surface area contributed by atoms with Crippen LogP contribution in [0.5, 0.6) is 0 Å². The second-order valence-corrected chi connectivity index (χ2v) is 5.55. The van der Waals surface area contributed by atoms with Crippen LogP contribution >= 0.6 is 12.4 Å². The molecule has 6 nitrogen and oxygen atoms in total. The van der Waals surface area contributed by atoms with Gasteiger partial charge in [-0.25, -0.2) is 4.79 Å². The third-order valence-electron chi connectivity index (χ3n) is 3.80. The van der Waals surface area contributed by atoms with Crippen molar-refractivity contribution in [3.63, 3.8) is 0 Å². The van der Waals surface area contributed by atoms with E-state index >= 15 is 0 Å². The molecule has 7 heteroatoms. The van der Waals surface area contributed by atoms with E-state index in [1.54, 1.807) is 13.0 Å². The molecule has 0 aromatic rings. The van der Waals surface area contributed by atoms with E-state index in [1.165, 1.54) is 6.92 Å². The molecular formula is C16H29ClN2O4. The molecule has 1 aliphatic rings. The third kappa shape index (κ3) is 6.49. The molecule has 23 heavy (non-hydrogen) atoms. The number of carbonyl (C=O) groups is 2. The maximum absolute atomic E-state index is 12.0. The van der Waals surface area contributed by atoms with Gasteiger partial charge in [0.2, 0.25) is 5.91 Å². The number of hydrogen-bond acceptors (Lipinski definition) is 5. The highest BCUT2D eigenvalue weighted by molar-refractivity contribution is 5.89. The van der Waals surface area contributed by atoms with Gasteiger partial charge in [-0.1, -0.05) is 13.8 Å². The van der Waals surface area contributed by atoms with Gasteiger partial charge >= 0.3 is 5.97 Å². The average molecular weight is 349 g/mol. The quantitative estimate of drug-likeness (QED) is 0.683. The van der Waals surface area contributed by atoms with Gasteiger partial charge in [-0.15, -0.1) is 12.4 Å². The van der Waals surface area contributed by atoms with Crippen LogP contribution in [0.1, 0.15) is 47.0 Å². The van der Waals surface area contributed by atoms with E-state index in [0.29, 0.717) is 18.6 Å². The van der Waals surface area contributed by atoms with Gasteiger partial charge in [0.15, 0.2) is 0 Å². The fraction of sp³-hybridized carbons (Fsp3) is 0.750. The topological polar surface area (TPSA) is 90.6 Å². The SMILES string of the molecule is CCOC(=O)C1=C[C@H](OC(CC)CC)[C@H](NC(C)=O)[C@@H](N)C1.Cl. The van der Waals surface area contributed by atoms with Crippen molar-refractivity contribution in [2.75, 3.05) is 6.61 Å². The molecule has 0 fully saturated rings. The van der Waals surface area contributed by atoms with Gasteiger partial charge in [-0.2, -0.15) is 0 Å². The first-order chi connectivity index (χ1) is 10.4. The molecule has 0 unspecified atom stereocenters. The Hall–Kier alpha value is -1.11. The van der Waals surface area contributed by atoms with Crippen LogP contribution in [0.15, 0.2) is 11.6 Å². The van der Waals surface area contributed by atoms with Crippen molar-refractivity contribution >= 4 is 24.3 Å². The Labute approximate surface area is 144 Å². The van der Waals surface area contributed by atoms with E-state index in [-0.39, 0.29) is 42.5 Å². The van der Waals surface area contributed by atoms with Gasteiger partial charge in [-0.3, -0.25) is 4.79 Å². The number of nitrogens with two attached hydrogens (primary N) is 1. The van der Waals surface area contributed by atoms with Crippen LogP contribution in [-0.4, -0.2) is 42.8 Å². The second-order valence-electron chi connectivity index (χ2n) is 5.55. The molecule has 1 aliphatic carbocycles. The van der Waals surface area contributed by atoms with Crippen molar-refractivity contribution < 1.29 is 19.1 Å². The molecule has 0 saturated carbocycles. The normalized spacial score (nSPS) is 23.7. The van der Waals surface area contributed by atoms with E-state index in [9.17, 15) is 9.59 Å². The predicted molar refractivity (Wildman–Crippen MR) is 91.4 cm³/mol. The summed E-state index contributed by atoms with van der Waals surface area (Å²) in [5.41, 5.74) is 6.68. The van der Waals surface area contributed by atoms with Crippen molar-refractivity contribution in [1.82, 2.24) is 5.32 Å². The minimum absolute atomic E-state index is 0. The third-order valence-corrected chi connectivity index (χ3v) is 3.80. The summed E-state index contributed by atoms with van der Waals surface area (Å²) in [6, 6.07) is -0.719. The van der Waals surface area contributed by atoms with Gasteiger partial charge in [0.25, 0.3) is 0 Å². The number of halogens is 1. The summed E-state index contributed by atoms with van der Waals surface area (Å²) in [6.45, 7) is 7.62. The summed E-state index contributed by atoms with van der Waals surface area (Å²) in [5.74, 6) is -0.524. The minimum atomic E-state index is -0.419. The molecule has 0 spiro atoms. The monoisotopic (exact) mass is 348 g/mol. The van der Waals surface area contributed by atoms with Gasteiger partial charge in [0.05, 0.1) is 24.9 Å². The number of esters is 1. The Morgan fingerprint density at radius 2 is 1.96 bits per heavy atom. The Kier molecular flexibility index (Phi) is 10.1. The zero-order chi connectivity index (χ0) is 16.7. The van der Waals surface area contributed by atoms with Gasteiger partial charge in [0, 0.05) is 18.5 Å². The Balaban J connectivity index is 0.00000484. The molecule has 3 atom stereocenters. The van der Waals surface area contributed by atoms with E-state index < -0.39 is 6.10 Å². The summed E-state index contributed by atoms with van der Waals surface area (Å²) < 4.78 is 11.1. The van der Waals surface area contributed by atoms with Crippen LogP contribution in [0, 0.1) is 0 Å². The molecule has 0 aromatic heterocycles. The lowest BCUT2D eigenvalue weighted by molar-refractivity contribution is -0.139. The molecular weight excluding hydrogens is 320 g/mol. The highest BCUT2D eigenvalue weighted by Crippen LogP contribution is 2.24. The number of carbonyl (C=O) groups excluding carboxylic acids is 2. The molecule has 1 rings (SSSR count). The van der Waals surface area contributed by atoms with Crippen LogP contribution in [0.2, 0.25) is 0 Å². The van der Waals surface area contributed by atoms with Crippen molar-refractivity contribution in [1.29, 1.82) is 0 Å². The Morgan fingerprint density at radius 3 is 2.43 bits per heavy atom. The van der Waals surface area contributed by atoms with Crippen LogP contribution in [0.3, 0.4) is 0 Å². The van der Waals surface area contributed by atoms with Crippen molar-refractivity contribution in [3.8, 4) is 0 Å². The fourth-order valence-electron chi connectivity index (χ4n) is 2.62. The molecule has 1 amide bonds. The lowest BCUT2D eigenvalue weighted by Gasteiger charge is -2.36. The van der Waals surface area contributed by atoms with E-state index in [4.69, 9.17) is 15.2 Å². The van der Waals surface area contributed by atoms with Crippen LogP contribution in [0.25, 0.3) is 0 Å². The van der Waals surface area contributed by atoms with Crippen molar-refractivity contribution in [2.24, 2.45) is 5.73 Å². The Bertz CT molecular complexity index is 424. The smallest absolute Gasteiger partial charge is 0.333 e.